The summed E-state index contributed by atoms with van der Waals surface area (Å²) in [6.45, 7) is 0. The van der Waals surface area contributed by atoms with Gasteiger partial charge in [0.25, 0.3) is 0 Å². The van der Waals surface area contributed by atoms with Crippen molar-refractivity contribution in [2.24, 2.45) is 14.1 Å². The van der Waals surface area contributed by atoms with E-state index in [1.165, 1.54) is 9.36 Å². The molecule has 1 radical (unpaired) electrons. The zero-order valence-electron chi connectivity index (χ0n) is 9.18. The largest absolute Gasteiger partial charge is 0.282 e. The fourth-order valence-corrected chi connectivity index (χ4v) is 1.54. The van der Waals surface area contributed by atoms with Gasteiger partial charge in [0.05, 0.1) is 0 Å². The minimum Gasteiger partial charge on any atom is -0.282 e. The quantitative estimate of drug-likeness (QED) is 0.717. The Balaban J connectivity index is 0.00000128. The monoisotopic (exact) mass is 292 g/mol. The molecule has 2 rings (SSSR count). The zero-order valence-corrected chi connectivity index (χ0v) is 12.0. The van der Waals surface area contributed by atoms with E-state index in [4.69, 9.17) is 0 Å². The van der Waals surface area contributed by atoms with Gasteiger partial charge in [-0.3, -0.25) is 19.0 Å². The molecule has 0 saturated heterocycles. The summed E-state index contributed by atoms with van der Waals surface area (Å²) >= 11 is 0. The number of benzene rings is 1. The minimum atomic E-state index is -0.256. The molecule has 2 aromatic rings. The fraction of sp³-hybridized carbons (Fsp3) is 0.182. The molecule has 0 fully saturated rings. The molecule has 81 valence electrons. The van der Waals surface area contributed by atoms with E-state index in [1.54, 1.807) is 38.4 Å². The summed E-state index contributed by atoms with van der Waals surface area (Å²) in [5.74, 6) is 0. The number of hydrogen-bond acceptors (Lipinski definition) is 2. The maximum atomic E-state index is 11.8. The maximum Gasteiger partial charge on any atom is 0.222 e. The van der Waals surface area contributed by atoms with Gasteiger partial charge in [0.2, 0.25) is 11.1 Å². The van der Waals surface area contributed by atoms with Gasteiger partial charge < -0.3 is 0 Å². The van der Waals surface area contributed by atoms with Crippen LogP contribution in [0.2, 0.25) is 0 Å². The van der Waals surface area contributed by atoms with Gasteiger partial charge in [-0.1, -0.05) is 6.07 Å². The van der Waals surface area contributed by atoms with E-state index in [-0.39, 0.29) is 49.4 Å². The SMILES string of the molecule is Cn1c(=O)[c-](-c2ccccc2)c(=O)n1C.[Y]. The fourth-order valence-electron chi connectivity index (χ4n) is 1.54. The van der Waals surface area contributed by atoms with E-state index in [9.17, 15) is 9.59 Å². The summed E-state index contributed by atoms with van der Waals surface area (Å²) < 4.78 is 2.62. The summed E-state index contributed by atoms with van der Waals surface area (Å²) in [7, 11) is 3.16. The molecule has 0 N–H and O–H groups in total. The van der Waals surface area contributed by atoms with Crippen molar-refractivity contribution in [1.29, 1.82) is 0 Å². The van der Waals surface area contributed by atoms with E-state index in [0.717, 1.165) is 0 Å². The third-order valence-electron chi connectivity index (χ3n) is 2.53. The molecule has 0 spiro atoms. The van der Waals surface area contributed by atoms with Gasteiger partial charge in [-0.2, -0.15) is 17.7 Å². The molecular weight excluding hydrogens is 281 g/mol. The average molecular weight is 292 g/mol. The summed E-state index contributed by atoms with van der Waals surface area (Å²) in [6.07, 6.45) is 0. The second-order valence-corrected chi connectivity index (χ2v) is 3.40. The second-order valence-electron chi connectivity index (χ2n) is 3.40. The first-order valence-electron chi connectivity index (χ1n) is 4.61. The summed E-state index contributed by atoms with van der Waals surface area (Å²) in [5.41, 5.74) is 0.395. The molecule has 0 amide bonds. The Bertz CT molecular complexity index is 559. The topological polar surface area (TPSA) is 44.0 Å². The summed E-state index contributed by atoms with van der Waals surface area (Å²) in [5, 5.41) is 0. The van der Waals surface area contributed by atoms with E-state index in [1.807, 2.05) is 6.07 Å². The summed E-state index contributed by atoms with van der Waals surface area (Å²) in [6, 6.07) is 8.99. The first-order chi connectivity index (χ1) is 7.13. The number of aromatic nitrogens is 2. The van der Waals surface area contributed by atoms with Crippen LogP contribution in [0.4, 0.5) is 0 Å². The Morgan fingerprint density at radius 2 is 1.38 bits per heavy atom. The first-order valence-corrected chi connectivity index (χ1v) is 4.61. The molecule has 0 saturated carbocycles. The molecule has 0 atom stereocenters. The molecule has 16 heavy (non-hydrogen) atoms. The van der Waals surface area contributed by atoms with Crippen molar-refractivity contribution in [2.45, 2.75) is 0 Å². The molecule has 0 aliphatic heterocycles. The molecule has 0 bridgehead atoms. The van der Waals surface area contributed by atoms with Crippen LogP contribution in [0.5, 0.6) is 0 Å². The Morgan fingerprint density at radius 1 is 0.938 bits per heavy atom. The predicted octanol–water partition coefficient (Wildman–Crippen LogP) is 0.467. The molecule has 1 aromatic carbocycles. The van der Waals surface area contributed by atoms with E-state index in [2.05, 4.69) is 0 Å². The van der Waals surface area contributed by atoms with E-state index >= 15 is 0 Å². The average Bonchev–Trinajstić information content (AvgIpc) is 2.45. The van der Waals surface area contributed by atoms with Crippen molar-refractivity contribution < 1.29 is 32.7 Å². The van der Waals surface area contributed by atoms with Crippen LogP contribution in [0.3, 0.4) is 0 Å². The Kier molecular flexibility index (Phi) is 4.11. The number of nitrogens with zero attached hydrogens (tertiary/aromatic N) is 2. The molecule has 0 unspecified atom stereocenters. The van der Waals surface area contributed by atoms with Crippen molar-refractivity contribution in [3.8, 4) is 11.1 Å². The summed E-state index contributed by atoms with van der Waals surface area (Å²) in [4.78, 5) is 23.5. The smallest absolute Gasteiger partial charge is 0.222 e. The van der Waals surface area contributed by atoms with E-state index < -0.39 is 0 Å². The van der Waals surface area contributed by atoms with Gasteiger partial charge in [0.1, 0.15) is 0 Å². The van der Waals surface area contributed by atoms with Crippen molar-refractivity contribution in [3.05, 3.63) is 51.0 Å². The predicted molar refractivity (Wildman–Crippen MR) is 58.0 cm³/mol. The first kappa shape index (κ1) is 13.2. The van der Waals surface area contributed by atoms with Crippen molar-refractivity contribution in [2.75, 3.05) is 0 Å². The number of rotatable bonds is 1. The van der Waals surface area contributed by atoms with Crippen LogP contribution in [0.15, 0.2) is 39.9 Å². The second kappa shape index (κ2) is 4.98. The van der Waals surface area contributed by atoms with Crippen LogP contribution in [-0.2, 0) is 46.8 Å². The third kappa shape index (κ3) is 1.99. The van der Waals surface area contributed by atoms with Gasteiger partial charge in [0.15, 0.2) is 0 Å². The van der Waals surface area contributed by atoms with Gasteiger partial charge >= 0.3 is 0 Å². The zero-order chi connectivity index (χ0) is 11.0. The molecule has 0 aliphatic carbocycles. The van der Waals surface area contributed by atoms with Crippen LogP contribution in [-0.4, -0.2) is 9.36 Å². The van der Waals surface area contributed by atoms with Crippen molar-refractivity contribution >= 4 is 0 Å². The third-order valence-corrected chi connectivity index (χ3v) is 2.53. The normalized spacial score (nSPS) is 9.88. The molecular formula is C11H11N2O2Y-. The Hall–Kier alpha value is -0.866. The van der Waals surface area contributed by atoms with Gasteiger partial charge in [0, 0.05) is 52.4 Å². The van der Waals surface area contributed by atoms with Crippen LogP contribution in [0, 0.1) is 0 Å². The van der Waals surface area contributed by atoms with Crippen molar-refractivity contribution in [3.63, 3.8) is 0 Å². The standard InChI is InChI=1S/C11H11N2O2.Y/c1-12-10(14)9(11(15)13(12)2)8-6-4-3-5-7-8;/h3-7H,1-2H3;/q-1;. The van der Waals surface area contributed by atoms with Crippen molar-refractivity contribution in [1.82, 2.24) is 9.36 Å². The van der Waals surface area contributed by atoms with E-state index in [0.29, 0.717) is 5.56 Å². The minimum absolute atomic E-state index is 0. The molecule has 1 aromatic heterocycles. The van der Waals surface area contributed by atoms with Gasteiger partial charge in [-0.15, -0.1) is 12.1 Å². The maximum absolute atomic E-state index is 11.8. The van der Waals surface area contributed by atoms with Crippen LogP contribution in [0.25, 0.3) is 11.1 Å². The molecule has 1 heterocycles. The van der Waals surface area contributed by atoms with Gasteiger partial charge in [-0.25, -0.2) is 0 Å². The van der Waals surface area contributed by atoms with Crippen LogP contribution < -0.4 is 11.1 Å². The van der Waals surface area contributed by atoms with Crippen LogP contribution >= 0.6 is 0 Å². The molecule has 0 aliphatic rings. The number of hydrogen-bond donors (Lipinski definition) is 0. The Morgan fingerprint density at radius 3 is 1.81 bits per heavy atom. The molecule has 4 nitrogen and oxygen atoms in total. The van der Waals surface area contributed by atoms with Gasteiger partial charge in [-0.05, 0) is 0 Å². The Labute approximate surface area is 118 Å². The molecule has 5 heteroatoms. The van der Waals surface area contributed by atoms with Crippen LogP contribution in [0.1, 0.15) is 0 Å².